The smallest absolute Gasteiger partial charge is 0.137 e. The van der Waals surface area contributed by atoms with E-state index in [-0.39, 0.29) is 26.5 Å². The molecule has 0 radical (unpaired) electrons. The second-order valence-electron chi connectivity index (χ2n) is 17.8. The molecule has 0 spiro atoms. The first-order valence-electron chi connectivity index (χ1n) is 22.4. The number of nitrogens with zero attached hydrogens (tertiary/aromatic N) is 5. The van der Waals surface area contributed by atoms with Crippen molar-refractivity contribution in [2.24, 2.45) is 0 Å². The number of benzene rings is 8. The SMILES string of the molecule is CC(C)(C)c1cc(Oc2[c-]c3c(cc2)c2cc(-c4ccccc4)ccc2n3-c2cc3c(cn2)c2ccccc2n3-c2ccccc2)[c-]c(N2[CH-]N(c3ccccc3)C=C2c2ccccc2)c1.[Pt]. The summed E-state index contributed by atoms with van der Waals surface area (Å²) in [6, 6.07) is 75.4. The largest absolute Gasteiger partial charge is 0.509 e. The van der Waals surface area contributed by atoms with Gasteiger partial charge in [-0.25, -0.2) is 4.98 Å². The van der Waals surface area contributed by atoms with Crippen LogP contribution in [0.3, 0.4) is 0 Å². The number of hydrogen-bond acceptors (Lipinski definition) is 4. The maximum Gasteiger partial charge on any atom is 0.137 e. The molecule has 0 aliphatic carbocycles. The fourth-order valence-electron chi connectivity index (χ4n) is 9.30. The number of fused-ring (bicyclic) bond motifs is 6. The molecular weight excluding hydrogens is 1000 g/mol. The van der Waals surface area contributed by atoms with Crippen LogP contribution in [-0.4, -0.2) is 14.1 Å². The Morgan fingerprint density at radius 3 is 1.90 bits per heavy atom. The van der Waals surface area contributed by atoms with Crippen molar-refractivity contribution in [2.45, 2.75) is 26.2 Å². The van der Waals surface area contributed by atoms with Crippen molar-refractivity contribution in [3.8, 4) is 34.1 Å². The summed E-state index contributed by atoms with van der Waals surface area (Å²) in [5, 5.41) is 4.41. The van der Waals surface area contributed by atoms with Gasteiger partial charge in [0, 0.05) is 78.2 Å². The quantitative estimate of drug-likeness (QED) is 0.142. The van der Waals surface area contributed by atoms with Gasteiger partial charge in [0.05, 0.1) is 11.0 Å². The predicted octanol–water partition coefficient (Wildman–Crippen LogP) is 15.1. The van der Waals surface area contributed by atoms with Gasteiger partial charge in [0.15, 0.2) is 0 Å². The van der Waals surface area contributed by atoms with Crippen molar-refractivity contribution in [2.75, 3.05) is 9.80 Å². The van der Waals surface area contributed by atoms with E-state index in [9.17, 15) is 0 Å². The minimum absolute atomic E-state index is 0. The van der Waals surface area contributed by atoms with E-state index < -0.39 is 0 Å². The van der Waals surface area contributed by atoms with Gasteiger partial charge in [0.25, 0.3) is 0 Å². The molecule has 8 aromatic carbocycles. The van der Waals surface area contributed by atoms with E-state index in [2.05, 4.69) is 241 Å². The summed E-state index contributed by atoms with van der Waals surface area (Å²) in [6.45, 7) is 8.82. The second kappa shape index (κ2) is 17.0. The number of ether oxygens (including phenoxy) is 1. The fourth-order valence-corrected chi connectivity index (χ4v) is 9.30. The fraction of sp³-hybridized carbons (Fsp3) is 0.0667. The van der Waals surface area contributed by atoms with Crippen LogP contribution in [0.5, 0.6) is 11.5 Å². The Labute approximate surface area is 404 Å². The molecule has 0 unspecified atom stereocenters. The van der Waals surface area contributed by atoms with Gasteiger partial charge in [-0.05, 0) is 70.1 Å². The average Bonchev–Trinajstić information content (AvgIpc) is 4.05. The molecule has 3 aromatic heterocycles. The topological polar surface area (TPSA) is 38.5 Å². The Morgan fingerprint density at radius 1 is 0.507 bits per heavy atom. The molecule has 0 saturated carbocycles. The first-order valence-corrected chi connectivity index (χ1v) is 22.4. The van der Waals surface area contributed by atoms with Gasteiger partial charge in [-0.1, -0.05) is 154 Å². The van der Waals surface area contributed by atoms with Crippen LogP contribution in [0, 0.1) is 18.8 Å². The molecule has 328 valence electrons. The predicted molar refractivity (Wildman–Crippen MR) is 271 cm³/mol. The molecule has 0 N–H and O–H groups in total. The van der Waals surface area contributed by atoms with Crippen molar-refractivity contribution < 1.29 is 25.8 Å². The molecule has 0 fully saturated rings. The van der Waals surface area contributed by atoms with Crippen LogP contribution < -0.4 is 14.5 Å². The van der Waals surface area contributed by atoms with Gasteiger partial charge in [-0.15, -0.1) is 53.6 Å². The summed E-state index contributed by atoms with van der Waals surface area (Å²) >= 11 is 0. The van der Waals surface area contributed by atoms with Crippen molar-refractivity contribution in [3.05, 3.63) is 236 Å². The normalized spacial score (nSPS) is 12.9. The van der Waals surface area contributed by atoms with E-state index in [0.29, 0.717) is 11.5 Å². The van der Waals surface area contributed by atoms with Gasteiger partial charge >= 0.3 is 0 Å². The zero-order chi connectivity index (χ0) is 44.4. The average molecular weight is 1050 g/mol. The molecule has 7 heteroatoms. The summed E-state index contributed by atoms with van der Waals surface area (Å²) in [7, 11) is 0. The van der Waals surface area contributed by atoms with Gasteiger partial charge in [-0.3, -0.25) is 0 Å². The van der Waals surface area contributed by atoms with Gasteiger partial charge in [-0.2, -0.15) is 6.07 Å². The summed E-state index contributed by atoms with van der Waals surface area (Å²) in [5.74, 6) is 1.98. The van der Waals surface area contributed by atoms with Crippen molar-refractivity contribution >= 4 is 60.7 Å². The van der Waals surface area contributed by atoms with Crippen LogP contribution >= 0.6 is 0 Å². The summed E-state index contributed by atoms with van der Waals surface area (Å²) in [4.78, 5) is 9.59. The molecule has 0 atom stereocenters. The first-order chi connectivity index (χ1) is 32.3. The molecule has 0 amide bonds. The van der Waals surface area contributed by atoms with Crippen LogP contribution in [0.1, 0.15) is 31.9 Å². The van der Waals surface area contributed by atoms with Gasteiger partial charge in [0.1, 0.15) is 5.82 Å². The Hall–Kier alpha value is -7.66. The summed E-state index contributed by atoms with van der Waals surface area (Å²) < 4.78 is 11.5. The van der Waals surface area contributed by atoms with Crippen LogP contribution in [0.4, 0.5) is 11.4 Å². The Morgan fingerprint density at radius 2 is 1.16 bits per heavy atom. The maximum atomic E-state index is 6.92. The van der Waals surface area contributed by atoms with E-state index in [1.54, 1.807) is 0 Å². The zero-order valence-corrected chi connectivity index (χ0v) is 39.4. The molecule has 1 aliphatic rings. The molecular formula is C60H44N5OPt-3. The Balaban J connectivity index is 0.00000494. The van der Waals surface area contributed by atoms with Crippen molar-refractivity contribution in [1.29, 1.82) is 0 Å². The minimum atomic E-state index is -0.180. The van der Waals surface area contributed by atoms with Crippen molar-refractivity contribution in [3.63, 3.8) is 0 Å². The zero-order valence-electron chi connectivity index (χ0n) is 37.2. The molecule has 4 heterocycles. The van der Waals surface area contributed by atoms with E-state index >= 15 is 0 Å². The molecule has 1 aliphatic heterocycles. The minimum Gasteiger partial charge on any atom is -0.509 e. The monoisotopic (exact) mass is 1050 g/mol. The second-order valence-corrected chi connectivity index (χ2v) is 17.8. The van der Waals surface area contributed by atoms with Crippen molar-refractivity contribution in [1.82, 2.24) is 14.1 Å². The molecule has 0 bridgehead atoms. The Bertz CT molecular complexity index is 3630. The van der Waals surface area contributed by atoms with Gasteiger partial charge in [0.2, 0.25) is 0 Å². The van der Waals surface area contributed by atoms with Crippen LogP contribution in [0.15, 0.2) is 207 Å². The van der Waals surface area contributed by atoms with E-state index in [0.717, 1.165) is 94.4 Å². The van der Waals surface area contributed by atoms with Crippen LogP contribution in [0.2, 0.25) is 0 Å². The van der Waals surface area contributed by atoms with Gasteiger partial charge < -0.3 is 23.7 Å². The number of pyridine rings is 1. The number of rotatable bonds is 8. The number of aromatic nitrogens is 3. The third-order valence-corrected chi connectivity index (χ3v) is 12.6. The number of anilines is 2. The third-order valence-electron chi connectivity index (χ3n) is 12.6. The summed E-state index contributed by atoms with van der Waals surface area (Å²) in [5.41, 5.74) is 12.5. The summed E-state index contributed by atoms with van der Waals surface area (Å²) in [6.07, 6.45) is 4.20. The van der Waals surface area contributed by atoms with E-state index in [1.807, 2.05) is 24.4 Å². The Kier molecular flexibility index (Phi) is 10.6. The van der Waals surface area contributed by atoms with Crippen LogP contribution in [0.25, 0.3) is 71.9 Å². The van der Waals surface area contributed by atoms with E-state index in [1.165, 1.54) is 0 Å². The molecule has 6 nitrogen and oxygen atoms in total. The maximum absolute atomic E-state index is 6.92. The standard InChI is InChI=1S/C60H44N5O.Pt/c1-60(2,3)44-33-47(63-40-62(45-22-12-6-13-23-45)39-58(63)42-20-10-5-11-21-42)35-49(34-44)66-48-29-30-51-52-32-43(41-18-8-4-9-19-41)28-31-55(52)65(56(51)36-48)59-37-57-53(38-61-59)50-26-16-17-27-54(50)64(57)46-24-14-7-15-25-46;/h4-34,37-40H,1-3H3;/q-3;. The number of hydrogen-bond donors (Lipinski definition) is 0. The molecule has 0 saturated heterocycles. The molecule has 67 heavy (non-hydrogen) atoms. The van der Waals surface area contributed by atoms with E-state index in [4.69, 9.17) is 9.72 Å². The molecule has 11 aromatic rings. The van der Waals surface area contributed by atoms with Crippen LogP contribution in [-0.2, 0) is 26.5 Å². The third kappa shape index (κ3) is 7.58. The molecule has 12 rings (SSSR count). The number of para-hydroxylation sites is 3. The first kappa shape index (κ1) is 42.0.